The van der Waals surface area contributed by atoms with Gasteiger partial charge in [0.1, 0.15) is 5.78 Å². The van der Waals surface area contributed by atoms with E-state index in [2.05, 4.69) is 5.32 Å². The summed E-state index contributed by atoms with van der Waals surface area (Å²) < 4.78 is 0. The molecule has 0 aromatic carbocycles. The summed E-state index contributed by atoms with van der Waals surface area (Å²) in [5.41, 5.74) is -0.302. The van der Waals surface area contributed by atoms with Crippen LogP contribution in [0.3, 0.4) is 0 Å². The summed E-state index contributed by atoms with van der Waals surface area (Å²) in [5, 5.41) is 3.30. The van der Waals surface area contributed by atoms with Crippen LogP contribution >= 0.6 is 0 Å². The number of hydrogen-bond acceptors (Lipinski definition) is 3. The van der Waals surface area contributed by atoms with Crippen molar-refractivity contribution >= 4 is 11.7 Å². The topological polar surface area (TPSA) is 49.4 Å². The molecule has 0 radical (unpaired) electrons. The molecule has 2 aliphatic heterocycles. The highest BCUT2D eigenvalue weighted by atomic mass is 16.2. The molecule has 2 atom stereocenters. The number of ketones is 1. The van der Waals surface area contributed by atoms with E-state index >= 15 is 0 Å². The van der Waals surface area contributed by atoms with Crippen molar-refractivity contribution in [1.29, 1.82) is 0 Å². The highest BCUT2D eigenvalue weighted by Gasteiger charge is 2.35. The molecule has 0 aromatic rings. The van der Waals surface area contributed by atoms with Crippen LogP contribution < -0.4 is 5.32 Å². The second kappa shape index (κ2) is 6.25. The zero-order valence-electron chi connectivity index (χ0n) is 13.1. The highest BCUT2D eigenvalue weighted by Crippen LogP contribution is 2.28. The molecule has 2 heterocycles. The fraction of sp³-hybridized carbons (Fsp3) is 0.875. The van der Waals surface area contributed by atoms with Crippen molar-refractivity contribution in [3.05, 3.63) is 0 Å². The summed E-state index contributed by atoms with van der Waals surface area (Å²) in [4.78, 5) is 26.9. The zero-order valence-corrected chi connectivity index (χ0v) is 13.1. The van der Waals surface area contributed by atoms with Gasteiger partial charge in [0.05, 0.1) is 5.92 Å². The Morgan fingerprint density at radius 1 is 1.10 bits per heavy atom. The lowest BCUT2D eigenvalue weighted by atomic mass is 9.79. The molecular weight excluding hydrogens is 252 g/mol. The molecule has 0 aromatic heterocycles. The van der Waals surface area contributed by atoms with Gasteiger partial charge >= 0.3 is 0 Å². The summed E-state index contributed by atoms with van der Waals surface area (Å²) >= 11 is 0. The van der Waals surface area contributed by atoms with E-state index in [1.165, 1.54) is 0 Å². The normalized spacial score (nSPS) is 28.2. The van der Waals surface area contributed by atoms with Gasteiger partial charge in [0.25, 0.3) is 0 Å². The van der Waals surface area contributed by atoms with Crippen LogP contribution in [-0.4, -0.2) is 42.8 Å². The van der Waals surface area contributed by atoms with Crippen LogP contribution in [0.25, 0.3) is 0 Å². The molecular formula is C16H28N2O2. The quantitative estimate of drug-likeness (QED) is 0.839. The maximum atomic E-state index is 12.5. The first-order chi connectivity index (χ1) is 9.39. The van der Waals surface area contributed by atoms with Gasteiger partial charge in [0.15, 0.2) is 0 Å². The Labute approximate surface area is 122 Å². The molecule has 20 heavy (non-hydrogen) atoms. The van der Waals surface area contributed by atoms with Crippen molar-refractivity contribution in [2.45, 2.75) is 46.5 Å². The van der Waals surface area contributed by atoms with Gasteiger partial charge in [0, 0.05) is 31.0 Å². The van der Waals surface area contributed by atoms with Crippen LogP contribution in [0.1, 0.15) is 46.5 Å². The Kier molecular flexibility index (Phi) is 4.84. The van der Waals surface area contributed by atoms with Crippen LogP contribution in [-0.2, 0) is 9.59 Å². The first kappa shape index (κ1) is 15.5. The maximum absolute atomic E-state index is 12.5. The second-order valence-electron chi connectivity index (χ2n) is 7.28. The molecule has 2 rings (SSSR count). The summed E-state index contributed by atoms with van der Waals surface area (Å²) in [6.07, 6.45) is 3.95. The van der Waals surface area contributed by atoms with E-state index in [0.717, 1.165) is 45.3 Å². The van der Waals surface area contributed by atoms with Gasteiger partial charge in [-0.2, -0.15) is 0 Å². The van der Waals surface area contributed by atoms with E-state index < -0.39 is 0 Å². The van der Waals surface area contributed by atoms with E-state index in [-0.39, 0.29) is 23.2 Å². The van der Waals surface area contributed by atoms with E-state index in [1.807, 2.05) is 25.7 Å². The van der Waals surface area contributed by atoms with Crippen LogP contribution in [0.15, 0.2) is 0 Å². The lowest BCUT2D eigenvalue weighted by molar-refractivity contribution is -0.141. The fourth-order valence-electron chi connectivity index (χ4n) is 3.32. The molecule has 0 spiro atoms. The van der Waals surface area contributed by atoms with Crippen LogP contribution in [0.2, 0.25) is 0 Å². The van der Waals surface area contributed by atoms with E-state index in [1.54, 1.807) is 0 Å². The molecule has 2 fully saturated rings. The average molecular weight is 280 g/mol. The predicted octanol–water partition coefficient (Wildman–Crippen LogP) is 1.84. The Hall–Kier alpha value is -0.900. The Bertz CT molecular complexity index is 367. The molecule has 1 amide bonds. The molecule has 0 bridgehead atoms. The van der Waals surface area contributed by atoms with Crippen molar-refractivity contribution in [2.24, 2.45) is 17.3 Å². The van der Waals surface area contributed by atoms with Crippen molar-refractivity contribution in [3.63, 3.8) is 0 Å². The van der Waals surface area contributed by atoms with Crippen molar-refractivity contribution < 1.29 is 9.59 Å². The molecule has 1 N–H and O–H groups in total. The monoisotopic (exact) mass is 280 g/mol. The SMILES string of the molecule is CC(C)(C)C(=O)[C@@H]1CCCN(C(=O)[C@@H]2CCCNC2)C1. The van der Waals surface area contributed by atoms with E-state index in [0.29, 0.717) is 12.3 Å². The number of rotatable bonds is 2. The third-order valence-electron chi connectivity index (χ3n) is 4.49. The molecule has 2 aliphatic rings. The summed E-state index contributed by atoms with van der Waals surface area (Å²) in [6.45, 7) is 9.19. The van der Waals surface area contributed by atoms with Crippen molar-refractivity contribution in [1.82, 2.24) is 10.2 Å². The molecule has 0 saturated carbocycles. The highest BCUT2D eigenvalue weighted by molar-refractivity contribution is 5.87. The predicted molar refractivity (Wildman–Crippen MR) is 79.4 cm³/mol. The molecule has 114 valence electrons. The van der Waals surface area contributed by atoms with Crippen LogP contribution in [0.4, 0.5) is 0 Å². The summed E-state index contributed by atoms with van der Waals surface area (Å²) in [7, 11) is 0. The number of nitrogens with one attached hydrogen (secondary N) is 1. The van der Waals surface area contributed by atoms with Gasteiger partial charge in [-0.05, 0) is 32.2 Å². The molecule has 2 saturated heterocycles. The largest absolute Gasteiger partial charge is 0.342 e. The minimum atomic E-state index is -0.302. The first-order valence-electron chi connectivity index (χ1n) is 7.93. The summed E-state index contributed by atoms with van der Waals surface area (Å²) in [5.74, 6) is 0.705. The van der Waals surface area contributed by atoms with Crippen LogP contribution in [0.5, 0.6) is 0 Å². The van der Waals surface area contributed by atoms with Gasteiger partial charge in [0.2, 0.25) is 5.91 Å². The number of carbonyl (C=O) groups excluding carboxylic acids is 2. The third kappa shape index (κ3) is 3.60. The average Bonchev–Trinajstić information content (AvgIpc) is 2.46. The second-order valence-corrected chi connectivity index (χ2v) is 7.28. The molecule has 0 unspecified atom stereocenters. The number of Topliss-reactive ketones (excluding diaryl/α,β-unsaturated/α-hetero) is 1. The van der Waals surface area contributed by atoms with E-state index in [9.17, 15) is 9.59 Å². The Morgan fingerprint density at radius 3 is 2.40 bits per heavy atom. The van der Waals surface area contributed by atoms with Gasteiger partial charge in [-0.3, -0.25) is 9.59 Å². The standard InChI is InChI=1S/C16H28N2O2/c1-16(2,3)14(19)13-7-5-9-18(11-13)15(20)12-6-4-8-17-10-12/h12-13,17H,4-11H2,1-3H3/t12-,13-/m1/s1. The molecule has 4 nitrogen and oxygen atoms in total. The van der Waals surface area contributed by atoms with Crippen LogP contribution in [0, 0.1) is 17.3 Å². The molecule has 0 aliphatic carbocycles. The first-order valence-corrected chi connectivity index (χ1v) is 7.93. The Morgan fingerprint density at radius 2 is 1.80 bits per heavy atom. The number of piperidine rings is 2. The lowest BCUT2D eigenvalue weighted by Gasteiger charge is -2.37. The van der Waals surface area contributed by atoms with Gasteiger partial charge in [-0.25, -0.2) is 0 Å². The Balaban J connectivity index is 1.96. The van der Waals surface area contributed by atoms with Gasteiger partial charge in [-0.1, -0.05) is 20.8 Å². The smallest absolute Gasteiger partial charge is 0.226 e. The van der Waals surface area contributed by atoms with Crippen molar-refractivity contribution in [3.8, 4) is 0 Å². The summed E-state index contributed by atoms with van der Waals surface area (Å²) in [6, 6.07) is 0. The lowest BCUT2D eigenvalue weighted by Crippen LogP contribution is -2.49. The number of amides is 1. The number of likely N-dealkylation sites (tertiary alicyclic amines) is 1. The molecule has 4 heteroatoms. The van der Waals surface area contributed by atoms with Crippen molar-refractivity contribution in [2.75, 3.05) is 26.2 Å². The zero-order chi connectivity index (χ0) is 14.8. The minimum absolute atomic E-state index is 0.0317. The van der Waals surface area contributed by atoms with Gasteiger partial charge < -0.3 is 10.2 Å². The number of hydrogen-bond donors (Lipinski definition) is 1. The fourth-order valence-corrected chi connectivity index (χ4v) is 3.32. The van der Waals surface area contributed by atoms with E-state index in [4.69, 9.17) is 0 Å². The third-order valence-corrected chi connectivity index (χ3v) is 4.49. The number of nitrogens with zero attached hydrogens (tertiary/aromatic N) is 1. The van der Waals surface area contributed by atoms with Gasteiger partial charge in [-0.15, -0.1) is 0 Å². The number of carbonyl (C=O) groups is 2. The minimum Gasteiger partial charge on any atom is -0.342 e. The maximum Gasteiger partial charge on any atom is 0.226 e.